The minimum absolute atomic E-state index is 0. The average Bonchev–Trinajstić information content (AvgIpc) is 2.71. The summed E-state index contributed by atoms with van der Waals surface area (Å²) in [4.78, 5) is 14.2. The largest absolute Gasteiger partial charge is 0.341 e. The Labute approximate surface area is 124 Å². The van der Waals surface area contributed by atoms with Gasteiger partial charge in [-0.05, 0) is 30.9 Å². The normalized spacial score (nSPS) is 24.9. The molecule has 0 radical (unpaired) electrons. The maximum absolute atomic E-state index is 13.6. The number of benzene rings is 1. The molecule has 2 atom stereocenters. The SMILES string of the molecule is Cl.O=C(Cc1ccccc1F)N1CCC2CCC(C1)N2. The molecule has 2 fully saturated rings. The van der Waals surface area contributed by atoms with E-state index < -0.39 is 0 Å². The molecule has 0 saturated carbocycles. The van der Waals surface area contributed by atoms with Gasteiger partial charge in [0.1, 0.15) is 5.82 Å². The first-order valence-corrected chi connectivity index (χ1v) is 6.99. The molecule has 0 aromatic heterocycles. The van der Waals surface area contributed by atoms with Crippen LogP contribution in [0.5, 0.6) is 0 Å². The Morgan fingerprint density at radius 3 is 2.80 bits per heavy atom. The molecule has 2 aliphatic rings. The molecule has 1 aromatic carbocycles. The molecule has 3 rings (SSSR count). The van der Waals surface area contributed by atoms with Crippen LogP contribution in [0.15, 0.2) is 24.3 Å². The third-order valence-electron chi connectivity index (χ3n) is 4.18. The fourth-order valence-corrected chi connectivity index (χ4v) is 3.09. The molecule has 2 heterocycles. The summed E-state index contributed by atoms with van der Waals surface area (Å²) in [5, 5.41) is 3.54. The number of carbonyl (C=O) groups excluding carboxylic acids is 1. The minimum Gasteiger partial charge on any atom is -0.341 e. The number of halogens is 2. The maximum atomic E-state index is 13.6. The van der Waals surface area contributed by atoms with Crippen molar-refractivity contribution in [3.63, 3.8) is 0 Å². The van der Waals surface area contributed by atoms with Gasteiger partial charge in [-0.15, -0.1) is 12.4 Å². The van der Waals surface area contributed by atoms with Crippen molar-refractivity contribution in [1.29, 1.82) is 0 Å². The lowest BCUT2D eigenvalue weighted by Crippen LogP contribution is -2.39. The number of nitrogens with zero attached hydrogens (tertiary/aromatic N) is 1. The van der Waals surface area contributed by atoms with Crippen LogP contribution in [-0.2, 0) is 11.2 Å². The molecule has 2 bridgehead atoms. The quantitative estimate of drug-likeness (QED) is 0.907. The van der Waals surface area contributed by atoms with Crippen LogP contribution in [-0.4, -0.2) is 36.0 Å². The smallest absolute Gasteiger partial charge is 0.227 e. The van der Waals surface area contributed by atoms with E-state index in [4.69, 9.17) is 0 Å². The summed E-state index contributed by atoms with van der Waals surface area (Å²) >= 11 is 0. The van der Waals surface area contributed by atoms with Crippen molar-refractivity contribution in [2.75, 3.05) is 13.1 Å². The van der Waals surface area contributed by atoms with E-state index in [1.54, 1.807) is 18.2 Å². The zero-order valence-corrected chi connectivity index (χ0v) is 12.2. The number of fused-ring (bicyclic) bond motifs is 2. The Kier molecular flexibility index (Phi) is 5.00. The molecule has 5 heteroatoms. The van der Waals surface area contributed by atoms with E-state index >= 15 is 0 Å². The summed E-state index contributed by atoms with van der Waals surface area (Å²) < 4.78 is 13.6. The van der Waals surface area contributed by atoms with Crippen LogP contribution < -0.4 is 5.32 Å². The van der Waals surface area contributed by atoms with E-state index in [0.717, 1.165) is 25.9 Å². The highest BCUT2D eigenvalue weighted by Gasteiger charge is 2.31. The summed E-state index contributed by atoms with van der Waals surface area (Å²) in [6.07, 6.45) is 3.55. The van der Waals surface area contributed by atoms with Gasteiger partial charge >= 0.3 is 0 Å². The summed E-state index contributed by atoms with van der Waals surface area (Å²) in [5.74, 6) is -0.246. The van der Waals surface area contributed by atoms with Crippen molar-refractivity contribution in [2.45, 2.75) is 37.8 Å². The second-order valence-corrected chi connectivity index (χ2v) is 5.53. The topological polar surface area (TPSA) is 32.3 Å². The van der Waals surface area contributed by atoms with Gasteiger partial charge < -0.3 is 10.2 Å². The van der Waals surface area contributed by atoms with Crippen molar-refractivity contribution in [3.8, 4) is 0 Å². The number of amides is 1. The van der Waals surface area contributed by atoms with Crippen molar-refractivity contribution in [1.82, 2.24) is 10.2 Å². The summed E-state index contributed by atoms with van der Waals surface area (Å²) in [7, 11) is 0. The predicted molar refractivity (Wildman–Crippen MR) is 78.5 cm³/mol. The van der Waals surface area contributed by atoms with Crippen LogP contribution >= 0.6 is 12.4 Å². The Morgan fingerprint density at radius 1 is 1.25 bits per heavy atom. The van der Waals surface area contributed by atoms with Crippen molar-refractivity contribution in [2.24, 2.45) is 0 Å². The molecule has 110 valence electrons. The molecule has 3 nitrogen and oxygen atoms in total. The van der Waals surface area contributed by atoms with Crippen molar-refractivity contribution < 1.29 is 9.18 Å². The second kappa shape index (κ2) is 6.55. The van der Waals surface area contributed by atoms with Gasteiger partial charge in [-0.1, -0.05) is 18.2 Å². The van der Waals surface area contributed by atoms with Gasteiger partial charge in [-0.2, -0.15) is 0 Å². The van der Waals surface area contributed by atoms with Crippen LogP contribution in [0.3, 0.4) is 0 Å². The predicted octanol–water partition coefficient (Wildman–Crippen LogP) is 2.14. The lowest BCUT2D eigenvalue weighted by Gasteiger charge is -2.24. The number of hydrogen-bond acceptors (Lipinski definition) is 2. The van der Waals surface area contributed by atoms with Gasteiger partial charge in [-0.25, -0.2) is 4.39 Å². The Morgan fingerprint density at radius 2 is 2.00 bits per heavy atom. The van der Waals surface area contributed by atoms with Gasteiger partial charge in [0.25, 0.3) is 0 Å². The number of rotatable bonds is 2. The minimum atomic E-state index is -0.287. The van der Waals surface area contributed by atoms with E-state index in [0.29, 0.717) is 17.6 Å². The molecule has 1 N–H and O–H groups in total. The van der Waals surface area contributed by atoms with E-state index in [9.17, 15) is 9.18 Å². The molecule has 20 heavy (non-hydrogen) atoms. The first-order chi connectivity index (χ1) is 9.22. The van der Waals surface area contributed by atoms with Gasteiger partial charge in [0.05, 0.1) is 6.42 Å². The van der Waals surface area contributed by atoms with Crippen molar-refractivity contribution >= 4 is 18.3 Å². The number of hydrogen-bond donors (Lipinski definition) is 1. The molecule has 2 unspecified atom stereocenters. The highest BCUT2D eigenvalue weighted by molar-refractivity contribution is 5.85. The Balaban J connectivity index is 0.00000147. The van der Waals surface area contributed by atoms with Crippen LogP contribution in [0.25, 0.3) is 0 Å². The zero-order chi connectivity index (χ0) is 13.2. The van der Waals surface area contributed by atoms with E-state index in [2.05, 4.69) is 5.32 Å². The number of nitrogens with one attached hydrogen (secondary N) is 1. The molecule has 2 saturated heterocycles. The Hall–Kier alpha value is -1.13. The Bertz CT molecular complexity index is 483. The van der Waals surface area contributed by atoms with Crippen molar-refractivity contribution in [3.05, 3.63) is 35.6 Å². The lowest BCUT2D eigenvalue weighted by atomic mass is 10.1. The van der Waals surface area contributed by atoms with Gasteiger partial charge in [0.15, 0.2) is 0 Å². The standard InChI is InChI=1S/C15H19FN2O.ClH/c16-14-4-2-1-3-11(14)9-15(19)18-8-7-12-5-6-13(10-18)17-12;/h1-4,12-13,17H,5-10H2;1H. The fraction of sp³-hybridized carbons (Fsp3) is 0.533. The monoisotopic (exact) mass is 298 g/mol. The highest BCUT2D eigenvalue weighted by atomic mass is 35.5. The molecule has 1 aromatic rings. The van der Waals surface area contributed by atoms with Gasteiger partial charge in [0, 0.05) is 25.2 Å². The third kappa shape index (κ3) is 3.30. The zero-order valence-electron chi connectivity index (χ0n) is 11.3. The molecule has 0 spiro atoms. The van der Waals surface area contributed by atoms with Gasteiger partial charge in [0.2, 0.25) is 5.91 Å². The fourth-order valence-electron chi connectivity index (χ4n) is 3.09. The maximum Gasteiger partial charge on any atom is 0.227 e. The first kappa shape index (κ1) is 15.3. The highest BCUT2D eigenvalue weighted by Crippen LogP contribution is 2.21. The number of likely N-dealkylation sites (tertiary alicyclic amines) is 1. The van der Waals surface area contributed by atoms with Gasteiger partial charge in [-0.3, -0.25) is 4.79 Å². The van der Waals surface area contributed by atoms with Crippen LogP contribution in [0.1, 0.15) is 24.8 Å². The van der Waals surface area contributed by atoms with Crippen LogP contribution in [0, 0.1) is 5.82 Å². The number of carbonyl (C=O) groups is 1. The van der Waals surface area contributed by atoms with E-state index in [1.165, 1.54) is 12.5 Å². The third-order valence-corrected chi connectivity index (χ3v) is 4.18. The molecular formula is C15H20ClFN2O. The first-order valence-electron chi connectivity index (χ1n) is 6.99. The average molecular weight is 299 g/mol. The second-order valence-electron chi connectivity index (χ2n) is 5.53. The van der Waals surface area contributed by atoms with E-state index in [1.807, 2.05) is 4.90 Å². The van der Waals surface area contributed by atoms with Crippen LogP contribution in [0.4, 0.5) is 4.39 Å². The van der Waals surface area contributed by atoms with E-state index in [-0.39, 0.29) is 30.6 Å². The molecule has 2 aliphatic heterocycles. The van der Waals surface area contributed by atoms with Crippen LogP contribution in [0.2, 0.25) is 0 Å². The molecule has 1 amide bonds. The lowest BCUT2D eigenvalue weighted by molar-refractivity contribution is -0.130. The molecular weight excluding hydrogens is 279 g/mol. The summed E-state index contributed by atoms with van der Waals surface area (Å²) in [5.41, 5.74) is 0.495. The summed E-state index contributed by atoms with van der Waals surface area (Å²) in [6.45, 7) is 1.56. The summed E-state index contributed by atoms with van der Waals surface area (Å²) in [6, 6.07) is 7.52. The molecule has 0 aliphatic carbocycles.